The van der Waals surface area contributed by atoms with Crippen molar-refractivity contribution in [3.05, 3.63) is 41.9 Å². The molecule has 0 saturated carbocycles. The van der Waals surface area contributed by atoms with E-state index in [1.54, 1.807) is 6.33 Å². The maximum atomic E-state index is 8.83. The van der Waals surface area contributed by atoms with E-state index in [1.807, 2.05) is 31.2 Å². The molecule has 0 spiro atoms. The fourth-order valence-electron chi connectivity index (χ4n) is 1.44. The van der Waals surface area contributed by atoms with Crippen molar-refractivity contribution in [2.24, 2.45) is 0 Å². The molecular weight excluding hydrogens is 174 g/mol. The van der Waals surface area contributed by atoms with Gasteiger partial charge in [0.1, 0.15) is 6.07 Å². The van der Waals surface area contributed by atoms with Gasteiger partial charge in [0.05, 0.1) is 12.0 Å². The van der Waals surface area contributed by atoms with Gasteiger partial charge in [-0.2, -0.15) is 5.26 Å². The van der Waals surface area contributed by atoms with Crippen LogP contribution < -0.4 is 0 Å². The number of aromatic nitrogens is 2. The molecule has 0 aliphatic carbocycles. The number of benzene rings is 1. The van der Waals surface area contributed by atoms with E-state index >= 15 is 0 Å². The van der Waals surface area contributed by atoms with E-state index in [2.05, 4.69) is 16.0 Å². The summed E-state index contributed by atoms with van der Waals surface area (Å²) in [6.45, 7) is 2.01. The second-order valence-electron chi connectivity index (χ2n) is 3.05. The summed E-state index contributed by atoms with van der Waals surface area (Å²) in [5, 5.41) is 8.83. The molecule has 3 nitrogen and oxygen atoms in total. The molecule has 0 radical (unpaired) electrons. The molecule has 1 N–H and O–H groups in total. The Kier molecular flexibility index (Phi) is 2.04. The highest BCUT2D eigenvalue weighted by molar-refractivity contribution is 5.67. The smallest absolute Gasteiger partial charge is 0.166 e. The van der Waals surface area contributed by atoms with Gasteiger partial charge in [-0.25, -0.2) is 4.98 Å². The van der Waals surface area contributed by atoms with Crippen molar-refractivity contribution in [1.29, 1.82) is 5.26 Å². The average Bonchev–Trinajstić information content (AvgIpc) is 2.66. The van der Waals surface area contributed by atoms with Gasteiger partial charge in [0.25, 0.3) is 0 Å². The van der Waals surface area contributed by atoms with Crippen LogP contribution in [0.4, 0.5) is 0 Å². The van der Waals surface area contributed by atoms with Crippen LogP contribution in [0.3, 0.4) is 0 Å². The number of imidazole rings is 1. The van der Waals surface area contributed by atoms with Gasteiger partial charge >= 0.3 is 0 Å². The summed E-state index contributed by atoms with van der Waals surface area (Å²) in [6, 6.07) is 9.97. The van der Waals surface area contributed by atoms with Crippen LogP contribution in [0.1, 0.15) is 11.3 Å². The molecule has 0 saturated heterocycles. The number of nitrogens with zero attached hydrogens (tertiary/aromatic N) is 2. The lowest BCUT2D eigenvalue weighted by Gasteiger charge is -2.01. The minimum Gasteiger partial charge on any atom is -0.343 e. The van der Waals surface area contributed by atoms with Crippen LogP contribution in [-0.4, -0.2) is 9.97 Å². The highest BCUT2D eigenvalue weighted by atomic mass is 14.9. The third kappa shape index (κ3) is 1.27. The van der Waals surface area contributed by atoms with Crippen molar-refractivity contribution >= 4 is 0 Å². The van der Waals surface area contributed by atoms with Gasteiger partial charge in [0.2, 0.25) is 0 Å². The maximum Gasteiger partial charge on any atom is 0.166 e. The van der Waals surface area contributed by atoms with E-state index in [4.69, 9.17) is 5.26 Å². The van der Waals surface area contributed by atoms with Crippen LogP contribution in [0.15, 0.2) is 30.6 Å². The SMILES string of the molecule is Cc1ccccc1-c1[nH]cnc1C#N. The van der Waals surface area contributed by atoms with Crippen LogP contribution >= 0.6 is 0 Å². The van der Waals surface area contributed by atoms with Crippen molar-refractivity contribution in [2.75, 3.05) is 0 Å². The highest BCUT2D eigenvalue weighted by Crippen LogP contribution is 2.22. The molecule has 0 amide bonds. The fourth-order valence-corrected chi connectivity index (χ4v) is 1.44. The first-order valence-electron chi connectivity index (χ1n) is 4.32. The summed E-state index contributed by atoms with van der Waals surface area (Å²) < 4.78 is 0. The number of nitriles is 1. The standard InChI is InChI=1S/C11H9N3/c1-8-4-2-3-5-9(8)11-10(6-12)13-7-14-11/h2-5,7H,1H3,(H,13,14). The molecule has 0 aliphatic heterocycles. The molecule has 3 heteroatoms. The van der Waals surface area contributed by atoms with Crippen LogP contribution in [0, 0.1) is 18.3 Å². The predicted molar refractivity (Wildman–Crippen MR) is 53.5 cm³/mol. The van der Waals surface area contributed by atoms with Crippen LogP contribution in [0.2, 0.25) is 0 Å². The van der Waals surface area contributed by atoms with Crippen molar-refractivity contribution in [2.45, 2.75) is 6.92 Å². The van der Waals surface area contributed by atoms with E-state index in [1.165, 1.54) is 0 Å². The number of aromatic amines is 1. The van der Waals surface area contributed by atoms with Gasteiger partial charge in [0, 0.05) is 5.56 Å². The molecule has 2 rings (SSSR count). The molecule has 1 aromatic heterocycles. The number of aryl methyl sites for hydroxylation is 1. The Morgan fingerprint density at radius 2 is 2.14 bits per heavy atom. The monoisotopic (exact) mass is 183 g/mol. The first-order valence-corrected chi connectivity index (χ1v) is 4.32. The Morgan fingerprint density at radius 1 is 1.36 bits per heavy atom. The van der Waals surface area contributed by atoms with E-state index < -0.39 is 0 Å². The molecule has 68 valence electrons. The van der Waals surface area contributed by atoms with Gasteiger partial charge in [-0.1, -0.05) is 24.3 Å². The van der Waals surface area contributed by atoms with Crippen LogP contribution in [0.5, 0.6) is 0 Å². The van der Waals surface area contributed by atoms with Gasteiger partial charge in [-0.15, -0.1) is 0 Å². The molecule has 1 aromatic carbocycles. The number of hydrogen-bond acceptors (Lipinski definition) is 2. The summed E-state index contributed by atoms with van der Waals surface area (Å²) in [7, 11) is 0. The second kappa shape index (κ2) is 3.35. The van der Waals surface area contributed by atoms with Gasteiger partial charge in [0.15, 0.2) is 5.69 Å². The Labute approximate surface area is 82.0 Å². The number of nitrogens with one attached hydrogen (secondary N) is 1. The second-order valence-corrected chi connectivity index (χ2v) is 3.05. The third-order valence-electron chi connectivity index (χ3n) is 2.16. The van der Waals surface area contributed by atoms with Crippen molar-refractivity contribution < 1.29 is 0 Å². The summed E-state index contributed by atoms with van der Waals surface area (Å²) in [5.74, 6) is 0. The Bertz CT molecular complexity index is 491. The zero-order valence-electron chi connectivity index (χ0n) is 7.78. The Morgan fingerprint density at radius 3 is 2.86 bits per heavy atom. The first kappa shape index (κ1) is 8.52. The predicted octanol–water partition coefficient (Wildman–Crippen LogP) is 2.26. The molecule has 1 heterocycles. The van der Waals surface area contributed by atoms with Crippen molar-refractivity contribution in [1.82, 2.24) is 9.97 Å². The summed E-state index contributed by atoms with van der Waals surface area (Å²) >= 11 is 0. The van der Waals surface area contributed by atoms with E-state index in [0.717, 1.165) is 16.8 Å². The molecule has 0 atom stereocenters. The molecule has 0 bridgehead atoms. The highest BCUT2D eigenvalue weighted by Gasteiger charge is 2.08. The van der Waals surface area contributed by atoms with E-state index in [9.17, 15) is 0 Å². The summed E-state index contributed by atoms with van der Waals surface area (Å²) in [4.78, 5) is 6.92. The lowest BCUT2D eigenvalue weighted by Crippen LogP contribution is -1.85. The Balaban J connectivity index is 2.62. The molecule has 0 aliphatic rings. The minimum atomic E-state index is 0.444. The molecular formula is C11H9N3. The number of H-pyrrole nitrogens is 1. The zero-order valence-corrected chi connectivity index (χ0v) is 7.78. The summed E-state index contributed by atoms with van der Waals surface area (Å²) in [5.41, 5.74) is 3.40. The zero-order chi connectivity index (χ0) is 9.97. The normalized spacial score (nSPS) is 9.71. The van der Waals surface area contributed by atoms with Crippen molar-refractivity contribution in [3.8, 4) is 17.3 Å². The fraction of sp³-hybridized carbons (Fsp3) is 0.0909. The lowest BCUT2D eigenvalue weighted by atomic mass is 10.1. The first-order chi connectivity index (χ1) is 6.83. The average molecular weight is 183 g/mol. The third-order valence-corrected chi connectivity index (χ3v) is 2.16. The maximum absolute atomic E-state index is 8.83. The number of rotatable bonds is 1. The van der Waals surface area contributed by atoms with Gasteiger partial charge in [-0.3, -0.25) is 0 Å². The minimum absolute atomic E-state index is 0.444. The largest absolute Gasteiger partial charge is 0.343 e. The molecule has 0 fully saturated rings. The van der Waals surface area contributed by atoms with E-state index in [0.29, 0.717) is 5.69 Å². The molecule has 0 unspecified atom stereocenters. The van der Waals surface area contributed by atoms with Gasteiger partial charge in [-0.05, 0) is 12.5 Å². The van der Waals surface area contributed by atoms with E-state index in [-0.39, 0.29) is 0 Å². The van der Waals surface area contributed by atoms with Gasteiger partial charge < -0.3 is 4.98 Å². The summed E-state index contributed by atoms with van der Waals surface area (Å²) in [6.07, 6.45) is 1.54. The topological polar surface area (TPSA) is 52.5 Å². The molecule has 14 heavy (non-hydrogen) atoms. The Hall–Kier alpha value is -2.08. The quantitative estimate of drug-likeness (QED) is 0.737. The van der Waals surface area contributed by atoms with Crippen molar-refractivity contribution in [3.63, 3.8) is 0 Å². The number of hydrogen-bond donors (Lipinski definition) is 1. The lowest BCUT2D eigenvalue weighted by molar-refractivity contribution is 1.29. The van der Waals surface area contributed by atoms with Crippen LogP contribution in [-0.2, 0) is 0 Å². The molecule has 2 aromatic rings. The van der Waals surface area contributed by atoms with Crippen LogP contribution in [0.25, 0.3) is 11.3 Å².